The average molecular weight is 283 g/mol. The molecule has 0 spiro atoms. The number of nitrogens with one attached hydrogen (secondary N) is 1. The minimum Gasteiger partial charge on any atom is -0.481 e. The second-order valence-corrected chi connectivity index (χ2v) is 6.57. The third kappa shape index (κ3) is 3.33. The van der Waals surface area contributed by atoms with E-state index in [4.69, 9.17) is 5.11 Å². The van der Waals surface area contributed by atoms with Crippen LogP contribution in [0, 0.1) is 11.8 Å². The van der Waals surface area contributed by atoms with Gasteiger partial charge in [-0.1, -0.05) is 24.6 Å². The van der Waals surface area contributed by atoms with Gasteiger partial charge < -0.3 is 5.11 Å². The molecule has 1 fully saturated rings. The molecule has 0 radical (unpaired) electrons. The summed E-state index contributed by atoms with van der Waals surface area (Å²) in [5, 5.41) is 9.05. The van der Waals surface area contributed by atoms with Gasteiger partial charge in [-0.25, -0.2) is 13.1 Å². The molecule has 0 aromatic heterocycles. The Bertz CT molecular complexity index is 541. The first-order valence-corrected chi connectivity index (χ1v) is 7.76. The summed E-state index contributed by atoms with van der Waals surface area (Å²) in [7, 11) is -3.54. The first kappa shape index (κ1) is 14.0. The van der Waals surface area contributed by atoms with Gasteiger partial charge in [0.2, 0.25) is 10.0 Å². The normalized spacial score (nSPS) is 23.4. The molecule has 1 aliphatic carbocycles. The molecule has 0 amide bonds. The monoisotopic (exact) mass is 283 g/mol. The molecule has 6 heteroatoms. The summed E-state index contributed by atoms with van der Waals surface area (Å²) in [6.45, 7) is 0.189. The molecule has 0 heterocycles. The molecule has 2 unspecified atom stereocenters. The quantitative estimate of drug-likeness (QED) is 0.857. The van der Waals surface area contributed by atoms with Gasteiger partial charge in [0.05, 0.1) is 10.8 Å². The first-order valence-electron chi connectivity index (χ1n) is 6.28. The predicted molar refractivity (Wildman–Crippen MR) is 70.1 cm³/mol. The fourth-order valence-corrected chi connectivity index (χ4v) is 3.62. The van der Waals surface area contributed by atoms with Crippen LogP contribution in [-0.4, -0.2) is 26.0 Å². The molecule has 1 saturated carbocycles. The molecule has 2 N–H and O–H groups in total. The Hall–Kier alpha value is -1.40. The number of benzene rings is 1. The molecular formula is C13H17NO4S. The van der Waals surface area contributed by atoms with Crippen LogP contribution in [0.4, 0.5) is 0 Å². The van der Waals surface area contributed by atoms with Crippen molar-refractivity contribution in [2.45, 2.75) is 24.2 Å². The van der Waals surface area contributed by atoms with Crippen molar-refractivity contribution in [3.05, 3.63) is 30.3 Å². The van der Waals surface area contributed by atoms with Crippen LogP contribution < -0.4 is 4.72 Å². The van der Waals surface area contributed by atoms with E-state index < -0.39 is 21.9 Å². The number of carboxylic acid groups (broad SMARTS) is 1. The second kappa shape index (κ2) is 5.71. The average Bonchev–Trinajstić information content (AvgIpc) is 2.86. The number of rotatable bonds is 5. The van der Waals surface area contributed by atoms with Gasteiger partial charge in [0.1, 0.15) is 0 Å². The van der Waals surface area contributed by atoms with Crippen LogP contribution in [0.1, 0.15) is 19.3 Å². The van der Waals surface area contributed by atoms with E-state index in [0.717, 1.165) is 12.8 Å². The van der Waals surface area contributed by atoms with Gasteiger partial charge in [-0.05, 0) is 30.9 Å². The molecule has 1 aromatic carbocycles. The van der Waals surface area contributed by atoms with E-state index in [1.54, 1.807) is 18.2 Å². The highest BCUT2D eigenvalue weighted by atomic mass is 32.2. The number of hydrogen-bond acceptors (Lipinski definition) is 3. The molecular weight excluding hydrogens is 266 g/mol. The summed E-state index contributed by atoms with van der Waals surface area (Å²) in [5.41, 5.74) is 0. The van der Waals surface area contributed by atoms with Crippen LogP contribution in [0.25, 0.3) is 0 Å². The molecule has 0 aliphatic heterocycles. The number of carboxylic acids is 1. The van der Waals surface area contributed by atoms with Gasteiger partial charge in [0, 0.05) is 6.54 Å². The van der Waals surface area contributed by atoms with Crippen molar-refractivity contribution in [3.63, 3.8) is 0 Å². The van der Waals surface area contributed by atoms with Crippen molar-refractivity contribution in [1.29, 1.82) is 0 Å². The second-order valence-electron chi connectivity index (χ2n) is 4.80. The zero-order chi connectivity index (χ0) is 13.9. The molecule has 0 bridgehead atoms. The van der Waals surface area contributed by atoms with Crippen molar-refractivity contribution >= 4 is 16.0 Å². The molecule has 104 valence electrons. The zero-order valence-electron chi connectivity index (χ0n) is 10.5. The molecule has 1 aromatic rings. The van der Waals surface area contributed by atoms with Gasteiger partial charge in [-0.3, -0.25) is 4.79 Å². The lowest BCUT2D eigenvalue weighted by molar-refractivity contribution is -0.142. The molecule has 19 heavy (non-hydrogen) atoms. The first-order chi connectivity index (χ1) is 9.00. The Morgan fingerprint density at radius 2 is 1.95 bits per heavy atom. The van der Waals surface area contributed by atoms with Crippen molar-refractivity contribution in [2.24, 2.45) is 11.8 Å². The number of carbonyl (C=O) groups is 1. The maximum Gasteiger partial charge on any atom is 0.306 e. The van der Waals surface area contributed by atoms with E-state index in [1.165, 1.54) is 12.1 Å². The minimum atomic E-state index is -3.54. The number of aliphatic carboxylic acids is 1. The molecule has 2 atom stereocenters. The Balaban J connectivity index is 2.01. The van der Waals surface area contributed by atoms with Gasteiger partial charge >= 0.3 is 5.97 Å². The number of hydrogen-bond donors (Lipinski definition) is 2. The summed E-state index contributed by atoms with van der Waals surface area (Å²) < 4.78 is 26.5. The van der Waals surface area contributed by atoms with Crippen LogP contribution in [0.5, 0.6) is 0 Å². The maximum atomic E-state index is 12.0. The zero-order valence-corrected chi connectivity index (χ0v) is 11.3. The van der Waals surface area contributed by atoms with Gasteiger partial charge in [0.15, 0.2) is 0 Å². The van der Waals surface area contributed by atoms with E-state index in [0.29, 0.717) is 6.42 Å². The van der Waals surface area contributed by atoms with E-state index in [9.17, 15) is 13.2 Å². The summed E-state index contributed by atoms with van der Waals surface area (Å²) in [6, 6.07) is 8.10. The van der Waals surface area contributed by atoms with Gasteiger partial charge in [-0.15, -0.1) is 0 Å². The van der Waals surface area contributed by atoms with E-state index >= 15 is 0 Å². The summed E-state index contributed by atoms with van der Waals surface area (Å²) in [5.74, 6) is -1.38. The largest absolute Gasteiger partial charge is 0.481 e. The standard InChI is InChI=1S/C13H17NO4S/c15-13(16)12-8-4-5-10(12)9-14-19(17,18)11-6-2-1-3-7-11/h1-3,6-7,10,12,14H,4-5,8-9H2,(H,15,16). The highest BCUT2D eigenvalue weighted by molar-refractivity contribution is 7.89. The van der Waals surface area contributed by atoms with Gasteiger partial charge in [-0.2, -0.15) is 0 Å². The Labute approximate surface area is 112 Å². The van der Waals surface area contributed by atoms with E-state index in [2.05, 4.69) is 4.72 Å². The highest BCUT2D eigenvalue weighted by Gasteiger charge is 2.33. The van der Waals surface area contributed by atoms with Crippen LogP contribution in [0.2, 0.25) is 0 Å². The fourth-order valence-electron chi connectivity index (χ4n) is 2.51. The third-order valence-corrected chi connectivity index (χ3v) is 5.00. The van der Waals surface area contributed by atoms with Crippen LogP contribution >= 0.6 is 0 Å². The topological polar surface area (TPSA) is 83.5 Å². The lowest BCUT2D eigenvalue weighted by Crippen LogP contribution is -2.33. The van der Waals surface area contributed by atoms with Crippen LogP contribution in [-0.2, 0) is 14.8 Å². The Morgan fingerprint density at radius 3 is 2.58 bits per heavy atom. The SMILES string of the molecule is O=C(O)C1CCCC1CNS(=O)(=O)c1ccccc1. The fraction of sp³-hybridized carbons (Fsp3) is 0.462. The molecule has 5 nitrogen and oxygen atoms in total. The van der Waals surface area contributed by atoms with E-state index in [1.807, 2.05) is 0 Å². The minimum absolute atomic E-state index is 0.115. The lowest BCUT2D eigenvalue weighted by Gasteiger charge is -2.16. The molecule has 2 rings (SSSR count). The third-order valence-electron chi connectivity index (χ3n) is 3.57. The summed E-state index contributed by atoms with van der Waals surface area (Å²) in [4.78, 5) is 11.2. The van der Waals surface area contributed by atoms with Crippen LogP contribution in [0.3, 0.4) is 0 Å². The smallest absolute Gasteiger partial charge is 0.306 e. The van der Waals surface area contributed by atoms with Crippen molar-refractivity contribution in [2.75, 3.05) is 6.54 Å². The maximum absolute atomic E-state index is 12.0. The predicted octanol–water partition coefficient (Wildman–Crippen LogP) is 1.47. The Morgan fingerprint density at radius 1 is 1.26 bits per heavy atom. The molecule has 1 aliphatic rings. The van der Waals surface area contributed by atoms with E-state index in [-0.39, 0.29) is 17.4 Å². The van der Waals surface area contributed by atoms with Crippen molar-refractivity contribution in [1.82, 2.24) is 4.72 Å². The molecule has 0 saturated heterocycles. The van der Waals surface area contributed by atoms with Crippen molar-refractivity contribution < 1.29 is 18.3 Å². The van der Waals surface area contributed by atoms with Gasteiger partial charge in [0.25, 0.3) is 0 Å². The summed E-state index contributed by atoms with van der Waals surface area (Å²) in [6.07, 6.45) is 2.23. The number of sulfonamides is 1. The highest BCUT2D eigenvalue weighted by Crippen LogP contribution is 2.31. The lowest BCUT2D eigenvalue weighted by atomic mass is 9.97. The van der Waals surface area contributed by atoms with Crippen LogP contribution in [0.15, 0.2) is 35.2 Å². The summed E-state index contributed by atoms with van der Waals surface area (Å²) >= 11 is 0. The van der Waals surface area contributed by atoms with Crippen molar-refractivity contribution in [3.8, 4) is 0 Å². The Kier molecular flexibility index (Phi) is 4.21.